The van der Waals surface area contributed by atoms with Crippen LogP contribution in [-0.2, 0) is 4.74 Å². The van der Waals surface area contributed by atoms with Crippen molar-refractivity contribution in [3.05, 3.63) is 29.8 Å². The molecule has 0 spiro atoms. The van der Waals surface area contributed by atoms with Gasteiger partial charge in [0.15, 0.2) is 0 Å². The Balaban J connectivity index is 1.80. The second-order valence-corrected chi connectivity index (χ2v) is 4.52. The molecule has 1 aromatic heterocycles. The lowest BCUT2D eigenvalue weighted by molar-refractivity contribution is 0.0155. The van der Waals surface area contributed by atoms with Crippen LogP contribution in [0.25, 0.3) is 0 Å². The average Bonchev–Trinajstić information content (AvgIpc) is 2.38. The molecule has 2 unspecified atom stereocenters. The lowest BCUT2D eigenvalue weighted by Crippen LogP contribution is -2.33. The molecule has 0 radical (unpaired) electrons. The molecule has 0 aromatic carbocycles. The molecule has 2 heterocycles. The standard InChI is InChI=1S/C13H19FN2O/c1-10(13-6-5-11(14)8-16-13)15-9-12-4-2-3-7-17-12/h5-6,8,10,12,15H,2-4,7,9H2,1H3. The van der Waals surface area contributed by atoms with Crippen molar-refractivity contribution in [1.29, 1.82) is 0 Å². The smallest absolute Gasteiger partial charge is 0.141 e. The summed E-state index contributed by atoms with van der Waals surface area (Å²) in [7, 11) is 0. The lowest BCUT2D eigenvalue weighted by atomic mass is 10.1. The van der Waals surface area contributed by atoms with Gasteiger partial charge in [0.2, 0.25) is 0 Å². The van der Waals surface area contributed by atoms with Gasteiger partial charge in [-0.1, -0.05) is 0 Å². The first-order chi connectivity index (χ1) is 8.25. The molecule has 2 atom stereocenters. The first-order valence-corrected chi connectivity index (χ1v) is 6.22. The quantitative estimate of drug-likeness (QED) is 0.874. The molecule has 1 aromatic rings. The van der Waals surface area contributed by atoms with Crippen LogP contribution in [0.2, 0.25) is 0 Å². The molecule has 0 bridgehead atoms. The Kier molecular flexibility index (Phi) is 4.45. The van der Waals surface area contributed by atoms with E-state index in [-0.39, 0.29) is 11.9 Å². The molecule has 0 amide bonds. The normalized spacial score (nSPS) is 22.4. The van der Waals surface area contributed by atoms with Gasteiger partial charge < -0.3 is 10.1 Å². The number of aromatic nitrogens is 1. The van der Waals surface area contributed by atoms with Crippen LogP contribution < -0.4 is 5.32 Å². The highest BCUT2D eigenvalue weighted by Crippen LogP contribution is 2.14. The fourth-order valence-corrected chi connectivity index (χ4v) is 2.02. The van der Waals surface area contributed by atoms with Gasteiger partial charge >= 0.3 is 0 Å². The third-order valence-electron chi connectivity index (χ3n) is 3.12. The summed E-state index contributed by atoms with van der Waals surface area (Å²) in [6, 6.07) is 3.29. The predicted molar refractivity (Wildman–Crippen MR) is 64.2 cm³/mol. The van der Waals surface area contributed by atoms with E-state index in [0.29, 0.717) is 6.10 Å². The number of ether oxygens (including phenoxy) is 1. The van der Waals surface area contributed by atoms with E-state index in [0.717, 1.165) is 25.3 Å². The molecule has 1 aliphatic rings. The molecular formula is C13H19FN2O. The van der Waals surface area contributed by atoms with Crippen LogP contribution >= 0.6 is 0 Å². The molecule has 0 saturated carbocycles. The maximum Gasteiger partial charge on any atom is 0.141 e. The Morgan fingerprint density at radius 2 is 2.41 bits per heavy atom. The number of nitrogens with one attached hydrogen (secondary N) is 1. The minimum Gasteiger partial charge on any atom is -0.377 e. The van der Waals surface area contributed by atoms with Gasteiger partial charge in [0, 0.05) is 19.2 Å². The van der Waals surface area contributed by atoms with Gasteiger partial charge in [-0.2, -0.15) is 0 Å². The first kappa shape index (κ1) is 12.5. The van der Waals surface area contributed by atoms with Gasteiger partial charge in [-0.3, -0.25) is 4.98 Å². The molecule has 1 fully saturated rings. The fraction of sp³-hybridized carbons (Fsp3) is 0.615. The lowest BCUT2D eigenvalue weighted by Gasteiger charge is -2.24. The van der Waals surface area contributed by atoms with Gasteiger partial charge in [0.05, 0.1) is 18.0 Å². The zero-order valence-corrected chi connectivity index (χ0v) is 10.2. The Labute approximate surface area is 101 Å². The molecule has 1 saturated heterocycles. The SMILES string of the molecule is CC(NCC1CCCCO1)c1ccc(F)cn1. The molecule has 2 rings (SSSR count). The number of nitrogens with zero attached hydrogens (tertiary/aromatic N) is 1. The van der Waals surface area contributed by atoms with Crippen molar-refractivity contribution in [3.63, 3.8) is 0 Å². The van der Waals surface area contributed by atoms with Crippen molar-refractivity contribution in [2.24, 2.45) is 0 Å². The van der Waals surface area contributed by atoms with Crippen molar-refractivity contribution in [2.45, 2.75) is 38.3 Å². The third kappa shape index (κ3) is 3.75. The maximum atomic E-state index is 12.7. The summed E-state index contributed by atoms with van der Waals surface area (Å²) in [6.45, 7) is 3.73. The highest BCUT2D eigenvalue weighted by molar-refractivity contribution is 5.08. The summed E-state index contributed by atoms with van der Waals surface area (Å²) in [4.78, 5) is 4.06. The van der Waals surface area contributed by atoms with Crippen LogP contribution in [0.5, 0.6) is 0 Å². The number of hydrogen-bond acceptors (Lipinski definition) is 3. The number of rotatable bonds is 4. The van der Waals surface area contributed by atoms with Crippen molar-refractivity contribution in [2.75, 3.05) is 13.2 Å². The van der Waals surface area contributed by atoms with E-state index in [9.17, 15) is 4.39 Å². The van der Waals surface area contributed by atoms with Gasteiger partial charge in [0.1, 0.15) is 5.82 Å². The van der Waals surface area contributed by atoms with Gasteiger partial charge in [-0.05, 0) is 38.3 Å². The maximum absolute atomic E-state index is 12.7. The summed E-state index contributed by atoms with van der Waals surface area (Å²) in [6.07, 6.45) is 5.11. The van der Waals surface area contributed by atoms with Crippen LogP contribution in [0, 0.1) is 5.82 Å². The number of pyridine rings is 1. The van der Waals surface area contributed by atoms with E-state index in [1.165, 1.54) is 25.1 Å². The van der Waals surface area contributed by atoms with Crippen molar-refractivity contribution in [3.8, 4) is 0 Å². The van der Waals surface area contributed by atoms with Crippen molar-refractivity contribution >= 4 is 0 Å². The summed E-state index contributed by atoms with van der Waals surface area (Å²) < 4.78 is 18.4. The zero-order chi connectivity index (χ0) is 12.1. The first-order valence-electron chi connectivity index (χ1n) is 6.22. The summed E-state index contributed by atoms with van der Waals surface area (Å²) in [5, 5.41) is 3.38. The summed E-state index contributed by atoms with van der Waals surface area (Å²) in [5.74, 6) is -0.295. The summed E-state index contributed by atoms with van der Waals surface area (Å²) >= 11 is 0. The molecular weight excluding hydrogens is 219 g/mol. The van der Waals surface area contributed by atoms with Crippen LogP contribution in [0.4, 0.5) is 4.39 Å². The monoisotopic (exact) mass is 238 g/mol. The number of halogens is 1. The topological polar surface area (TPSA) is 34.1 Å². The Hall–Kier alpha value is -1.00. The highest BCUT2D eigenvalue weighted by Gasteiger charge is 2.15. The molecule has 4 heteroatoms. The minimum absolute atomic E-state index is 0.126. The van der Waals surface area contributed by atoms with E-state index in [4.69, 9.17) is 4.74 Å². The van der Waals surface area contributed by atoms with Crippen molar-refractivity contribution in [1.82, 2.24) is 10.3 Å². The predicted octanol–water partition coefficient (Wildman–Crippen LogP) is 2.44. The van der Waals surface area contributed by atoms with E-state index in [2.05, 4.69) is 10.3 Å². The van der Waals surface area contributed by atoms with Crippen LogP contribution in [-0.4, -0.2) is 24.2 Å². The largest absolute Gasteiger partial charge is 0.377 e. The molecule has 1 aliphatic heterocycles. The van der Waals surface area contributed by atoms with Gasteiger partial charge in [-0.25, -0.2) is 4.39 Å². The fourth-order valence-electron chi connectivity index (χ4n) is 2.02. The van der Waals surface area contributed by atoms with Gasteiger partial charge in [-0.15, -0.1) is 0 Å². The molecule has 17 heavy (non-hydrogen) atoms. The van der Waals surface area contributed by atoms with Crippen LogP contribution in [0.15, 0.2) is 18.3 Å². The second-order valence-electron chi connectivity index (χ2n) is 4.52. The molecule has 94 valence electrons. The molecule has 3 nitrogen and oxygen atoms in total. The van der Waals surface area contributed by atoms with Crippen LogP contribution in [0.3, 0.4) is 0 Å². The van der Waals surface area contributed by atoms with Crippen LogP contribution in [0.1, 0.15) is 37.9 Å². The van der Waals surface area contributed by atoms with E-state index in [1.807, 2.05) is 6.92 Å². The van der Waals surface area contributed by atoms with Gasteiger partial charge in [0.25, 0.3) is 0 Å². The molecule has 1 N–H and O–H groups in total. The Morgan fingerprint density at radius 3 is 3.06 bits per heavy atom. The Bertz CT molecular complexity index is 336. The highest BCUT2D eigenvalue weighted by atomic mass is 19.1. The summed E-state index contributed by atoms with van der Waals surface area (Å²) in [5.41, 5.74) is 0.863. The van der Waals surface area contributed by atoms with E-state index in [1.54, 1.807) is 6.07 Å². The Morgan fingerprint density at radius 1 is 1.53 bits per heavy atom. The number of hydrogen-bond donors (Lipinski definition) is 1. The third-order valence-corrected chi connectivity index (χ3v) is 3.12. The zero-order valence-electron chi connectivity index (χ0n) is 10.2. The second kappa shape index (κ2) is 6.07. The van der Waals surface area contributed by atoms with E-state index < -0.39 is 0 Å². The minimum atomic E-state index is -0.295. The molecule has 0 aliphatic carbocycles. The van der Waals surface area contributed by atoms with E-state index >= 15 is 0 Å². The average molecular weight is 238 g/mol. The van der Waals surface area contributed by atoms with Crippen molar-refractivity contribution < 1.29 is 9.13 Å².